The lowest BCUT2D eigenvalue weighted by Gasteiger charge is -2.38. The quantitative estimate of drug-likeness (QED) is 0.881. The zero-order chi connectivity index (χ0) is 15.7. The zero-order valence-corrected chi connectivity index (χ0v) is 13.3. The number of halogens is 1. The lowest BCUT2D eigenvalue weighted by molar-refractivity contribution is 0.422. The van der Waals surface area contributed by atoms with Crippen LogP contribution in [0.2, 0.25) is 5.02 Å². The van der Waals surface area contributed by atoms with Gasteiger partial charge in [-0.05, 0) is 26.0 Å². The van der Waals surface area contributed by atoms with Gasteiger partial charge in [0, 0.05) is 43.1 Å². The minimum Gasteiger partial charge on any atom is -0.350 e. The van der Waals surface area contributed by atoms with Crippen LogP contribution in [0.4, 0.5) is 5.82 Å². The number of aromatic amines is 1. The number of piperazine rings is 1. The first kappa shape index (κ1) is 15.0. The normalized spacial score (nSPS) is 21.9. The Morgan fingerprint density at radius 3 is 2.77 bits per heavy atom. The average Bonchev–Trinajstić information content (AvgIpc) is 2.53. The van der Waals surface area contributed by atoms with Gasteiger partial charge in [-0.2, -0.15) is 0 Å². The molecular weight excluding hydrogens is 302 g/mol. The standard InChI is InChI=1S/C15H18ClN5O/c1-9-8-21(10(2)7-18-9)14-12(16)15(22)20-13(19-14)11-3-5-17-6-4-11/h3-6,9-10,18H,7-8H2,1-2H3,(H,19,20,22)/t9-,10+/m0/s1. The van der Waals surface area contributed by atoms with Crippen LogP contribution in [0.25, 0.3) is 11.4 Å². The monoisotopic (exact) mass is 319 g/mol. The van der Waals surface area contributed by atoms with Crippen molar-refractivity contribution in [3.63, 3.8) is 0 Å². The molecule has 0 spiro atoms. The number of H-pyrrole nitrogens is 1. The molecule has 3 rings (SSSR count). The SMILES string of the molecule is C[C@@H]1CN[C@@H](C)CN1c1nc(-c2ccncc2)[nH]c(=O)c1Cl. The summed E-state index contributed by atoms with van der Waals surface area (Å²) in [6.07, 6.45) is 3.33. The summed E-state index contributed by atoms with van der Waals surface area (Å²) >= 11 is 6.22. The molecule has 116 valence electrons. The van der Waals surface area contributed by atoms with E-state index in [1.807, 2.05) is 0 Å². The number of nitrogens with zero attached hydrogens (tertiary/aromatic N) is 3. The summed E-state index contributed by atoms with van der Waals surface area (Å²) in [5.74, 6) is 1.04. The van der Waals surface area contributed by atoms with Gasteiger partial charge in [0.25, 0.3) is 5.56 Å². The molecule has 2 atom stereocenters. The molecule has 0 aliphatic carbocycles. The van der Waals surface area contributed by atoms with E-state index in [4.69, 9.17) is 11.6 Å². The fourth-order valence-electron chi connectivity index (χ4n) is 2.60. The molecule has 0 radical (unpaired) electrons. The van der Waals surface area contributed by atoms with E-state index < -0.39 is 0 Å². The maximum atomic E-state index is 12.2. The van der Waals surface area contributed by atoms with Gasteiger partial charge in [-0.1, -0.05) is 11.6 Å². The van der Waals surface area contributed by atoms with Crippen molar-refractivity contribution in [2.24, 2.45) is 0 Å². The number of hydrogen-bond acceptors (Lipinski definition) is 5. The number of hydrogen-bond donors (Lipinski definition) is 2. The van der Waals surface area contributed by atoms with Crippen molar-refractivity contribution < 1.29 is 0 Å². The molecule has 1 fully saturated rings. The first-order valence-electron chi connectivity index (χ1n) is 7.26. The maximum absolute atomic E-state index is 12.2. The third kappa shape index (κ3) is 2.84. The predicted octanol–water partition coefficient (Wildman–Crippen LogP) is 1.67. The molecule has 1 saturated heterocycles. The molecule has 1 aliphatic heterocycles. The van der Waals surface area contributed by atoms with Crippen LogP contribution in [0.15, 0.2) is 29.3 Å². The molecule has 0 unspecified atom stereocenters. The maximum Gasteiger partial charge on any atom is 0.272 e. The van der Waals surface area contributed by atoms with Gasteiger partial charge in [0.15, 0.2) is 5.82 Å². The largest absolute Gasteiger partial charge is 0.350 e. The summed E-state index contributed by atoms with van der Waals surface area (Å²) in [6.45, 7) is 5.78. The van der Waals surface area contributed by atoms with Gasteiger partial charge in [0.2, 0.25) is 0 Å². The number of nitrogens with one attached hydrogen (secondary N) is 2. The lowest BCUT2D eigenvalue weighted by atomic mass is 10.1. The number of aromatic nitrogens is 3. The first-order valence-corrected chi connectivity index (χ1v) is 7.64. The summed E-state index contributed by atoms with van der Waals surface area (Å²) in [7, 11) is 0. The molecule has 2 N–H and O–H groups in total. The Labute approximate surface area is 133 Å². The fourth-order valence-corrected chi connectivity index (χ4v) is 2.80. The second-order valence-electron chi connectivity index (χ2n) is 5.60. The van der Waals surface area contributed by atoms with Crippen LogP contribution in [0.5, 0.6) is 0 Å². The highest BCUT2D eigenvalue weighted by molar-refractivity contribution is 6.32. The zero-order valence-electron chi connectivity index (χ0n) is 12.5. The molecule has 3 heterocycles. The molecule has 7 heteroatoms. The minimum absolute atomic E-state index is 0.138. The Kier molecular flexibility index (Phi) is 4.13. The van der Waals surface area contributed by atoms with E-state index in [1.54, 1.807) is 24.5 Å². The Morgan fingerprint density at radius 1 is 1.32 bits per heavy atom. The van der Waals surface area contributed by atoms with Crippen LogP contribution in [0, 0.1) is 0 Å². The van der Waals surface area contributed by atoms with Crippen LogP contribution in [0.3, 0.4) is 0 Å². The summed E-state index contributed by atoms with van der Waals surface area (Å²) < 4.78 is 0. The Bertz CT molecular complexity index is 718. The van der Waals surface area contributed by atoms with Crippen molar-refractivity contribution in [1.29, 1.82) is 0 Å². The molecule has 2 aromatic rings. The van der Waals surface area contributed by atoms with Gasteiger partial charge < -0.3 is 15.2 Å². The van der Waals surface area contributed by atoms with Crippen LogP contribution < -0.4 is 15.8 Å². The topological polar surface area (TPSA) is 73.9 Å². The summed E-state index contributed by atoms with van der Waals surface area (Å²) in [6, 6.07) is 4.14. The summed E-state index contributed by atoms with van der Waals surface area (Å²) in [5, 5.41) is 3.54. The third-order valence-corrected chi connectivity index (χ3v) is 4.18. The smallest absolute Gasteiger partial charge is 0.272 e. The van der Waals surface area contributed by atoms with E-state index in [1.165, 1.54) is 0 Å². The molecule has 22 heavy (non-hydrogen) atoms. The second kappa shape index (κ2) is 6.06. The van der Waals surface area contributed by atoms with Crippen molar-refractivity contribution >= 4 is 17.4 Å². The molecule has 1 aliphatic rings. The van der Waals surface area contributed by atoms with Crippen molar-refractivity contribution in [2.45, 2.75) is 25.9 Å². The highest BCUT2D eigenvalue weighted by Gasteiger charge is 2.26. The average molecular weight is 320 g/mol. The van der Waals surface area contributed by atoms with Crippen LogP contribution in [0.1, 0.15) is 13.8 Å². The van der Waals surface area contributed by atoms with E-state index in [0.717, 1.165) is 18.7 Å². The van der Waals surface area contributed by atoms with Crippen molar-refractivity contribution in [2.75, 3.05) is 18.0 Å². The highest BCUT2D eigenvalue weighted by atomic mass is 35.5. The first-order chi connectivity index (χ1) is 10.6. The highest BCUT2D eigenvalue weighted by Crippen LogP contribution is 2.25. The summed E-state index contributed by atoms with van der Waals surface area (Å²) in [5.41, 5.74) is 0.484. The molecule has 6 nitrogen and oxygen atoms in total. The van der Waals surface area contributed by atoms with E-state index in [0.29, 0.717) is 17.7 Å². The molecule has 0 bridgehead atoms. The minimum atomic E-state index is -0.322. The van der Waals surface area contributed by atoms with Gasteiger partial charge in [0.1, 0.15) is 10.8 Å². The molecule has 0 aromatic carbocycles. The number of pyridine rings is 1. The summed E-state index contributed by atoms with van der Waals surface area (Å²) in [4.78, 5) is 25.6. The molecule has 0 amide bonds. The van der Waals surface area contributed by atoms with Gasteiger partial charge in [-0.25, -0.2) is 4.98 Å². The number of anilines is 1. The Hall–Kier alpha value is -1.92. The van der Waals surface area contributed by atoms with Gasteiger partial charge in [-0.15, -0.1) is 0 Å². The van der Waals surface area contributed by atoms with Crippen molar-refractivity contribution in [1.82, 2.24) is 20.3 Å². The Morgan fingerprint density at radius 2 is 2.05 bits per heavy atom. The van der Waals surface area contributed by atoms with Gasteiger partial charge in [-0.3, -0.25) is 9.78 Å². The van der Waals surface area contributed by atoms with E-state index in [9.17, 15) is 4.79 Å². The second-order valence-corrected chi connectivity index (χ2v) is 5.98. The van der Waals surface area contributed by atoms with E-state index in [2.05, 4.69) is 39.0 Å². The van der Waals surface area contributed by atoms with Gasteiger partial charge >= 0.3 is 0 Å². The molecule has 0 saturated carbocycles. The molecular formula is C15H18ClN5O. The predicted molar refractivity (Wildman–Crippen MR) is 87.4 cm³/mol. The van der Waals surface area contributed by atoms with Crippen molar-refractivity contribution in [3.05, 3.63) is 39.9 Å². The lowest BCUT2D eigenvalue weighted by Crippen LogP contribution is -2.55. The van der Waals surface area contributed by atoms with Crippen LogP contribution >= 0.6 is 11.6 Å². The van der Waals surface area contributed by atoms with Crippen LogP contribution in [-0.2, 0) is 0 Å². The molecule has 2 aromatic heterocycles. The Balaban J connectivity index is 2.07. The fraction of sp³-hybridized carbons (Fsp3) is 0.400. The van der Waals surface area contributed by atoms with Crippen molar-refractivity contribution in [3.8, 4) is 11.4 Å². The van der Waals surface area contributed by atoms with Gasteiger partial charge in [0.05, 0.1) is 0 Å². The third-order valence-electron chi connectivity index (χ3n) is 3.84. The van der Waals surface area contributed by atoms with E-state index >= 15 is 0 Å². The number of rotatable bonds is 2. The van der Waals surface area contributed by atoms with E-state index in [-0.39, 0.29) is 16.6 Å². The van der Waals surface area contributed by atoms with Crippen LogP contribution in [-0.4, -0.2) is 40.1 Å².